The van der Waals surface area contributed by atoms with Crippen LogP contribution in [0.15, 0.2) is 12.2 Å². The van der Waals surface area contributed by atoms with Crippen molar-refractivity contribution in [2.75, 3.05) is 13.7 Å². The predicted octanol–water partition coefficient (Wildman–Crippen LogP) is -1.66. The van der Waals surface area contributed by atoms with E-state index in [0.717, 1.165) is 0 Å². The maximum Gasteiger partial charge on any atom is 0.309 e. The third-order valence-corrected chi connectivity index (χ3v) is 3.10. The number of aliphatic hydroxyl groups excluding tert-OH is 4. The van der Waals surface area contributed by atoms with Crippen LogP contribution in [0.1, 0.15) is 12.8 Å². The van der Waals surface area contributed by atoms with E-state index in [1.165, 1.54) is 7.11 Å². The van der Waals surface area contributed by atoms with Crippen LogP contribution in [0.25, 0.3) is 0 Å². The van der Waals surface area contributed by atoms with Crippen molar-refractivity contribution >= 4 is 5.97 Å². The fourth-order valence-electron chi connectivity index (χ4n) is 1.98. The van der Waals surface area contributed by atoms with Gasteiger partial charge in [0.25, 0.3) is 0 Å². The fraction of sp³-hybridized carbons (Fsp3) is 0.750. The molecule has 0 aliphatic carbocycles. The molecular weight excluding hydrogens is 256 g/mol. The summed E-state index contributed by atoms with van der Waals surface area (Å²) in [6.07, 6.45) is -5.80. The molecule has 0 aromatic heterocycles. The van der Waals surface area contributed by atoms with Gasteiger partial charge in [0, 0.05) is 0 Å². The van der Waals surface area contributed by atoms with Crippen LogP contribution in [-0.2, 0) is 14.3 Å². The number of rotatable bonds is 5. The van der Waals surface area contributed by atoms with Crippen molar-refractivity contribution in [3.8, 4) is 0 Å². The van der Waals surface area contributed by atoms with Gasteiger partial charge in [-0.3, -0.25) is 4.79 Å². The largest absolute Gasteiger partial charge is 0.469 e. The number of ether oxygens (including phenoxy) is 2. The van der Waals surface area contributed by atoms with Gasteiger partial charge in [0.1, 0.15) is 24.4 Å². The summed E-state index contributed by atoms with van der Waals surface area (Å²) in [6.45, 7) is 3.19. The van der Waals surface area contributed by atoms with Crippen LogP contribution in [0.3, 0.4) is 0 Å². The summed E-state index contributed by atoms with van der Waals surface area (Å²) >= 11 is 0. The van der Waals surface area contributed by atoms with Crippen molar-refractivity contribution < 1.29 is 34.7 Å². The molecule has 110 valence electrons. The van der Waals surface area contributed by atoms with E-state index >= 15 is 0 Å². The third-order valence-electron chi connectivity index (χ3n) is 3.10. The Morgan fingerprint density at radius 2 is 1.79 bits per heavy atom. The second-order valence-corrected chi connectivity index (χ2v) is 4.57. The van der Waals surface area contributed by atoms with E-state index in [9.17, 15) is 20.1 Å². The molecule has 19 heavy (non-hydrogen) atoms. The molecule has 0 radical (unpaired) electrons. The molecule has 1 heterocycles. The Morgan fingerprint density at radius 3 is 2.32 bits per heavy atom. The summed E-state index contributed by atoms with van der Waals surface area (Å²) in [7, 11) is 1.25. The second-order valence-electron chi connectivity index (χ2n) is 4.57. The molecule has 0 amide bonds. The van der Waals surface area contributed by atoms with Crippen LogP contribution >= 0.6 is 0 Å². The van der Waals surface area contributed by atoms with Crippen molar-refractivity contribution in [2.45, 2.75) is 43.4 Å². The molecule has 1 fully saturated rings. The van der Waals surface area contributed by atoms with Crippen molar-refractivity contribution in [3.63, 3.8) is 0 Å². The number of esters is 1. The number of hydrogen-bond donors (Lipinski definition) is 4. The van der Waals surface area contributed by atoms with E-state index < -0.39 is 43.1 Å². The van der Waals surface area contributed by atoms with E-state index in [4.69, 9.17) is 9.84 Å². The zero-order valence-electron chi connectivity index (χ0n) is 10.7. The van der Waals surface area contributed by atoms with Crippen LogP contribution in [0, 0.1) is 0 Å². The highest BCUT2D eigenvalue weighted by Gasteiger charge is 2.43. The lowest BCUT2D eigenvalue weighted by molar-refractivity contribution is -0.228. The Bertz CT molecular complexity index is 328. The van der Waals surface area contributed by atoms with Gasteiger partial charge in [0.2, 0.25) is 0 Å². The summed E-state index contributed by atoms with van der Waals surface area (Å²) in [5, 5.41) is 38.0. The van der Waals surface area contributed by atoms with Gasteiger partial charge < -0.3 is 29.9 Å². The Labute approximate surface area is 111 Å². The Balaban J connectivity index is 2.61. The molecule has 0 bridgehead atoms. The molecule has 0 spiro atoms. The van der Waals surface area contributed by atoms with Crippen molar-refractivity contribution in [1.29, 1.82) is 0 Å². The number of aliphatic hydroxyl groups is 4. The van der Waals surface area contributed by atoms with Crippen LogP contribution < -0.4 is 0 Å². The van der Waals surface area contributed by atoms with Gasteiger partial charge in [-0.25, -0.2) is 0 Å². The monoisotopic (exact) mass is 276 g/mol. The zero-order valence-corrected chi connectivity index (χ0v) is 10.7. The third kappa shape index (κ3) is 3.99. The molecule has 7 heteroatoms. The van der Waals surface area contributed by atoms with E-state index in [-0.39, 0.29) is 12.8 Å². The standard InChI is InChI=1S/C12H20O7/c1-6(4-9(14)18-2)3-7-10(15)12(17)11(16)8(5-13)19-7/h7-8,10-13,15-17H,1,3-5H2,2H3/t7-,8-,10+,11-,12-/m1/s1. The fourth-order valence-corrected chi connectivity index (χ4v) is 1.98. The first-order chi connectivity index (χ1) is 8.90. The first-order valence-electron chi connectivity index (χ1n) is 5.94. The maximum absolute atomic E-state index is 11.1. The van der Waals surface area contributed by atoms with Crippen molar-refractivity contribution in [2.24, 2.45) is 0 Å². The molecule has 0 saturated carbocycles. The van der Waals surface area contributed by atoms with Crippen molar-refractivity contribution in [1.82, 2.24) is 0 Å². The smallest absolute Gasteiger partial charge is 0.309 e. The van der Waals surface area contributed by atoms with Gasteiger partial charge in [0.15, 0.2) is 0 Å². The first kappa shape index (κ1) is 16.1. The van der Waals surface area contributed by atoms with Gasteiger partial charge in [-0.15, -0.1) is 0 Å². The van der Waals surface area contributed by atoms with Gasteiger partial charge in [0.05, 0.1) is 26.2 Å². The quantitative estimate of drug-likeness (QED) is 0.351. The van der Waals surface area contributed by atoms with Crippen molar-refractivity contribution in [3.05, 3.63) is 12.2 Å². The van der Waals surface area contributed by atoms with Crippen LogP contribution in [-0.4, -0.2) is 70.6 Å². The lowest BCUT2D eigenvalue weighted by Gasteiger charge is -2.40. The molecule has 5 atom stereocenters. The van der Waals surface area contributed by atoms with Gasteiger partial charge >= 0.3 is 5.97 Å². The van der Waals surface area contributed by atoms with Crippen LogP contribution in [0.5, 0.6) is 0 Å². The summed E-state index contributed by atoms with van der Waals surface area (Å²) < 4.78 is 9.78. The molecule has 0 aromatic carbocycles. The SMILES string of the molecule is C=C(CC(=O)OC)C[C@H]1O[C@H](CO)[C@@H](O)[C@H](O)[C@H]1O. The van der Waals surface area contributed by atoms with E-state index in [0.29, 0.717) is 5.57 Å². The molecular formula is C12H20O7. The molecule has 1 aliphatic rings. The van der Waals surface area contributed by atoms with Gasteiger partial charge in [-0.2, -0.15) is 0 Å². The summed E-state index contributed by atoms with van der Waals surface area (Å²) in [5.41, 5.74) is 0.469. The number of methoxy groups -OCH3 is 1. The van der Waals surface area contributed by atoms with Crippen LogP contribution in [0.2, 0.25) is 0 Å². The molecule has 1 aliphatic heterocycles. The summed E-state index contributed by atoms with van der Waals surface area (Å²) in [5.74, 6) is -0.463. The average molecular weight is 276 g/mol. The van der Waals surface area contributed by atoms with E-state index in [2.05, 4.69) is 11.3 Å². The van der Waals surface area contributed by atoms with E-state index in [1.54, 1.807) is 0 Å². The highest BCUT2D eigenvalue weighted by molar-refractivity contribution is 5.72. The molecule has 4 N–H and O–H groups in total. The predicted molar refractivity (Wildman–Crippen MR) is 64.2 cm³/mol. The van der Waals surface area contributed by atoms with Gasteiger partial charge in [-0.1, -0.05) is 12.2 Å². The first-order valence-corrected chi connectivity index (χ1v) is 5.94. The van der Waals surface area contributed by atoms with Gasteiger partial charge in [-0.05, 0) is 6.42 Å². The molecule has 0 unspecified atom stereocenters. The normalized spacial score (nSPS) is 34.9. The Morgan fingerprint density at radius 1 is 1.21 bits per heavy atom. The minimum absolute atomic E-state index is 0.0223. The second kappa shape index (κ2) is 6.97. The number of carbonyl (C=O) groups excluding carboxylic acids is 1. The number of carbonyl (C=O) groups is 1. The topological polar surface area (TPSA) is 116 Å². The summed E-state index contributed by atoms with van der Waals surface area (Å²) in [4.78, 5) is 11.1. The minimum Gasteiger partial charge on any atom is -0.469 e. The highest BCUT2D eigenvalue weighted by Crippen LogP contribution is 2.25. The highest BCUT2D eigenvalue weighted by atomic mass is 16.5. The Hall–Kier alpha value is -0.990. The minimum atomic E-state index is -1.41. The average Bonchev–Trinajstić information content (AvgIpc) is 2.39. The molecule has 7 nitrogen and oxygen atoms in total. The van der Waals surface area contributed by atoms with E-state index in [1.807, 2.05) is 0 Å². The zero-order chi connectivity index (χ0) is 14.6. The number of hydrogen-bond acceptors (Lipinski definition) is 7. The van der Waals surface area contributed by atoms with Crippen LogP contribution in [0.4, 0.5) is 0 Å². The lowest BCUT2D eigenvalue weighted by atomic mass is 9.91. The molecule has 1 saturated heterocycles. The summed E-state index contributed by atoms with van der Waals surface area (Å²) in [6, 6.07) is 0. The molecule has 0 aromatic rings. The molecule has 1 rings (SSSR count). The maximum atomic E-state index is 11.1. The lowest BCUT2D eigenvalue weighted by Crippen LogP contribution is -2.58. The Kier molecular flexibility index (Phi) is 5.89.